The number of nitrogens with one attached hydrogen (secondary N) is 1. The second kappa shape index (κ2) is 7.43. The van der Waals surface area contributed by atoms with Crippen molar-refractivity contribution in [3.63, 3.8) is 0 Å². The minimum Gasteiger partial charge on any atom is -0.494 e. The Morgan fingerprint density at radius 2 is 2.15 bits per heavy atom. The van der Waals surface area contributed by atoms with Gasteiger partial charge in [-0.15, -0.1) is 0 Å². The van der Waals surface area contributed by atoms with E-state index in [1.165, 1.54) is 0 Å². The Morgan fingerprint density at radius 3 is 2.85 bits per heavy atom. The zero-order chi connectivity index (χ0) is 18.7. The molecule has 0 unspecified atom stereocenters. The lowest BCUT2D eigenvalue weighted by Crippen LogP contribution is -2.30. The van der Waals surface area contributed by atoms with Gasteiger partial charge in [0.05, 0.1) is 19.0 Å². The molecule has 2 amide bonds. The van der Waals surface area contributed by atoms with Crippen LogP contribution in [0.5, 0.6) is 5.75 Å². The number of carbonyl (C=O) groups is 1. The Balaban J connectivity index is 1.76. The van der Waals surface area contributed by atoms with Crippen LogP contribution in [0.4, 0.5) is 10.5 Å². The fourth-order valence-electron chi connectivity index (χ4n) is 2.74. The number of pyridine rings is 1. The molecule has 2 heterocycles. The number of anilines is 1. The van der Waals surface area contributed by atoms with Gasteiger partial charge in [0.25, 0.3) is 0 Å². The third-order valence-corrected chi connectivity index (χ3v) is 4.18. The van der Waals surface area contributed by atoms with Crippen LogP contribution in [0.2, 0.25) is 0 Å². The SMILES string of the molecule is COc1ccc(CN(C)C(=O)Nc2cnn(C(C)C)c2)c2cccnc12. The monoisotopic (exact) mass is 353 g/mol. The maximum Gasteiger partial charge on any atom is 0.321 e. The van der Waals surface area contributed by atoms with Crippen LogP contribution in [-0.4, -0.2) is 39.9 Å². The minimum absolute atomic E-state index is 0.193. The summed E-state index contributed by atoms with van der Waals surface area (Å²) in [6.45, 7) is 4.53. The maximum absolute atomic E-state index is 12.5. The first-order valence-electron chi connectivity index (χ1n) is 8.46. The zero-order valence-electron chi connectivity index (χ0n) is 15.4. The number of methoxy groups -OCH3 is 1. The molecule has 1 N–H and O–H groups in total. The van der Waals surface area contributed by atoms with E-state index in [2.05, 4.69) is 15.4 Å². The van der Waals surface area contributed by atoms with Gasteiger partial charge in [-0.2, -0.15) is 5.10 Å². The van der Waals surface area contributed by atoms with Gasteiger partial charge in [-0.25, -0.2) is 4.79 Å². The molecule has 0 bridgehead atoms. The number of amides is 2. The number of urea groups is 1. The van der Waals surface area contributed by atoms with Crippen molar-refractivity contribution in [2.45, 2.75) is 26.4 Å². The zero-order valence-corrected chi connectivity index (χ0v) is 15.4. The molecule has 0 spiro atoms. The molecule has 0 radical (unpaired) electrons. The van der Waals surface area contributed by atoms with E-state index in [4.69, 9.17) is 4.74 Å². The second-order valence-corrected chi connectivity index (χ2v) is 6.42. The number of hydrogen-bond acceptors (Lipinski definition) is 4. The van der Waals surface area contributed by atoms with Crippen LogP contribution in [0.25, 0.3) is 10.9 Å². The molecule has 7 heteroatoms. The molecule has 136 valence electrons. The molecule has 3 aromatic rings. The fourth-order valence-corrected chi connectivity index (χ4v) is 2.74. The summed E-state index contributed by atoms with van der Waals surface area (Å²) in [4.78, 5) is 18.5. The lowest BCUT2D eigenvalue weighted by atomic mass is 10.1. The third-order valence-electron chi connectivity index (χ3n) is 4.18. The molecule has 0 atom stereocenters. The van der Waals surface area contributed by atoms with Crippen LogP contribution in [0.1, 0.15) is 25.5 Å². The molecule has 0 aliphatic carbocycles. The van der Waals surface area contributed by atoms with E-state index < -0.39 is 0 Å². The number of hydrogen-bond donors (Lipinski definition) is 1. The molecule has 2 aromatic heterocycles. The third kappa shape index (κ3) is 3.61. The lowest BCUT2D eigenvalue weighted by Gasteiger charge is -2.19. The van der Waals surface area contributed by atoms with Crippen LogP contribution >= 0.6 is 0 Å². The van der Waals surface area contributed by atoms with Crippen molar-refractivity contribution in [2.75, 3.05) is 19.5 Å². The summed E-state index contributed by atoms with van der Waals surface area (Å²) in [6, 6.07) is 7.76. The van der Waals surface area contributed by atoms with Crippen molar-refractivity contribution in [1.29, 1.82) is 0 Å². The van der Waals surface area contributed by atoms with E-state index in [-0.39, 0.29) is 12.1 Å². The average molecular weight is 353 g/mol. The highest BCUT2D eigenvalue weighted by molar-refractivity contribution is 5.90. The largest absolute Gasteiger partial charge is 0.494 e. The second-order valence-electron chi connectivity index (χ2n) is 6.42. The summed E-state index contributed by atoms with van der Waals surface area (Å²) in [5, 5.41) is 8.08. The summed E-state index contributed by atoms with van der Waals surface area (Å²) >= 11 is 0. The molecule has 0 fully saturated rings. The molecule has 3 rings (SSSR count). The number of benzene rings is 1. The molecule has 0 saturated heterocycles. The summed E-state index contributed by atoms with van der Waals surface area (Å²) in [5.41, 5.74) is 2.47. The fraction of sp³-hybridized carbons (Fsp3) is 0.316. The predicted molar refractivity (Wildman–Crippen MR) is 101 cm³/mol. The Bertz CT molecular complexity index is 919. The van der Waals surface area contributed by atoms with Gasteiger partial charge in [0.1, 0.15) is 11.3 Å². The van der Waals surface area contributed by atoms with E-state index in [0.29, 0.717) is 12.2 Å². The summed E-state index contributed by atoms with van der Waals surface area (Å²) < 4.78 is 7.17. The van der Waals surface area contributed by atoms with Crippen molar-refractivity contribution in [1.82, 2.24) is 19.7 Å². The number of fused-ring (bicyclic) bond motifs is 1. The van der Waals surface area contributed by atoms with Crippen LogP contribution < -0.4 is 10.1 Å². The molecule has 0 aliphatic rings. The number of nitrogens with zero attached hydrogens (tertiary/aromatic N) is 4. The molecule has 7 nitrogen and oxygen atoms in total. The van der Waals surface area contributed by atoms with E-state index in [1.807, 2.05) is 44.3 Å². The van der Waals surface area contributed by atoms with Gasteiger partial charge >= 0.3 is 6.03 Å². The van der Waals surface area contributed by atoms with E-state index in [0.717, 1.165) is 22.2 Å². The lowest BCUT2D eigenvalue weighted by molar-refractivity contribution is 0.221. The quantitative estimate of drug-likeness (QED) is 0.759. The Hall–Kier alpha value is -3.09. The average Bonchev–Trinajstić information content (AvgIpc) is 3.10. The first-order valence-corrected chi connectivity index (χ1v) is 8.46. The molecular weight excluding hydrogens is 330 g/mol. The summed E-state index contributed by atoms with van der Waals surface area (Å²) in [6.07, 6.45) is 5.21. The van der Waals surface area contributed by atoms with Crippen LogP contribution in [0, 0.1) is 0 Å². The summed E-state index contributed by atoms with van der Waals surface area (Å²) in [5.74, 6) is 0.720. The number of carbonyl (C=O) groups excluding carboxylic acids is 1. The van der Waals surface area contributed by atoms with Crippen LogP contribution in [0.3, 0.4) is 0 Å². The van der Waals surface area contributed by atoms with Gasteiger partial charge in [-0.1, -0.05) is 12.1 Å². The standard InChI is InChI=1S/C19H23N5O2/c1-13(2)24-12-15(10-21-24)22-19(25)23(3)11-14-7-8-17(26-4)18-16(14)6-5-9-20-18/h5-10,12-13H,11H2,1-4H3,(H,22,25). The minimum atomic E-state index is -0.193. The number of ether oxygens (including phenoxy) is 1. The van der Waals surface area contributed by atoms with Crippen molar-refractivity contribution < 1.29 is 9.53 Å². The Morgan fingerprint density at radius 1 is 1.35 bits per heavy atom. The first kappa shape index (κ1) is 17.7. The van der Waals surface area contributed by atoms with Gasteiger partial charge in [0.15, 0.2) is 0 Å². The first-order chi connectivity index (χ1) is 12.5. The summed E-state index contributed by atoms with van der Waals surface area (Å²) in [7, 11) is 3.38. The van der Waals surface area contributed by atoms with E-state index in [9.17, 15) is 4.79 Å². The number of aromatic nitrogens is 3. The van der Waals surface area contributed by atoms with Crippen LogP contribution in [-0.2, 0) is 6.54 Å². The molecule has 1 aromatic carbocycles. The highest BCUT2D eigenvalue weighted by Gasteiger charge is 2.14. The van der Waals surface area contributed by atoms with Crippen LogP contribution in [0.15, 0.2) is 42.9 Å². The molecule has 26 heavy (non-hydrogen) atoms. The smallest absolute Gasteiger partial charge is 0.321 e. The van der Waals surface area contributed by atoms with Gasteiger partial charge in [0.2, 0.25) is 0 Å². The molecule has 0 saturated carbocycles. The van der Waals surface area contributed by atoms with E-state index in [1.54, 1.807) is 36.1 Å². The van der Waals surface area contributed by atoms with Crippen molar-refractivity contribution in [2.24, 2.45) is 0 Å². The van der Waals surface area contributed by atoms with Crippen molar-refractivity contribution >= 4 is 22.6 Å². The molecular formula is C19H23N5O2. The van der Waals surface area contributed by atoms with Gasteiger partial charge in [0, 0.05) is 37.4 Å². The topological polar surface area (TPSA) is 72.3 Å². The number of rotatable bonds is 5. The van der Waals surface area contributed by atoms with Gasteiger partial charge in [-0.05, 0) is 31.5 Å². The predicted octanol–water partition coefficient (Wildman–Crippen LogP) is 3.68. The maximum atomic E-state index is 12.5. The Labute approximate surface area is 152 Å². The highest BCUT2D eigenvalue weighted by atomic mass is 16.5. The highest BCUT2D eigenvalue weighted by Crippen LogP contribution is 2.27. The van der Waals surface area contributed by atoms with Crippen molar-refractivity contribution in [3.05, 3.63) is 48.4 Å². The van der Waals surface area contributed by atoms with Crippen molar-refractivity contribution in [3.8, 4) is 5.75 Å². The Kier molecular flexibility index (Phi) is 5.06. The normalized spacial score (nSPS) is 11.0. The molecule has 0 aliphatic heterocycles. The van der Waals surface area contributed by atoms with Gasteiger partial charge in [-0.3, -0.25) is 9.67 Å². The van der Waals surface area contributed by atoms with Gasteiger partial charge < -0.3 is 15.0 Å². The van der Waals surface area contributed by atoms with E-state index >= 15 is 0 Å².